The first kappa shape index (κ1) is 13.6. The molecule has 2 heterocycles. The quantitative estimate of drug-likeness (QED) is 0.853. The van der Waals surface area contributed by atoms with Crippen molar-refractivity contribution in [2.75, 3.05) is 20.1 Å². The average Bonchev–Trinajstić information content (AvgIpc) is 2.83. The summed E-state index contributed by atoms with van der Waals surface area (Å²) in [4.78, 5) is 6.68. The van der Waals surface area contributed by atoms with Crippen molar-refractivity contribution in [1.82, 2.24) is 14.5 Å². The van der Waals surface area contributed by atoms with Crippen LogP contribution in [0.4, 0.5) is 4.39 Å². The Kier molecular flexibility index (Phi) is 4.01. The number of fused-ring (bicyclic) bond motifs is 1. The normalized spacial score (nSPS) is 17.9. The number of imidazole rings is 1. The van der Waals surface area contributed by atoms with Gasteiger partial charge in [-0.2, -0.15) is 0 Å². The van der Waals surface area contributed by atoms with E-state index in [0.29, 0.717) is 0 Å². The van der Waals surface area contributed by atoms with E-state index in [-0.39, 0.29) is 5.82 Å². The molecule has 1 saturated heterocycles. The van der Waals surface area contributed by atoms with Crippen LogP contribution in [0.15, 0.2) is 24.5 Å². The summed E-state index contributed by atoms with van der Waals surface area (Å²) in [5, 5.41) is 0. The predicted molar refractivity (Wildman–Crippen MR) is 79.1 cm³/mol. The van der Waals surface area contributed by atoms with Crippen molar-refractivity contribution in [3.05, 3.63) is 30.3 Å². The van der Waals surface area contributed by atoms with Gasteiger partial charge < -0.3 is 9.47 Å². The Hall–Kier alpha value is -1.42. The highest BCUT2D eigenvalue weighted by Gasteiger charge is 2.16. The summed E-state index contributed by atoms with van der Waals surface area (Å²) >= 11 is 0. The molecule has 1 aromatic heterocycles. The Morgan fingerprint density at radius 3 is 2.90 bits per heavy atom. The largest absolute Gasteiger partial charge is 0.331 e. The van der Waals surface area contributed by atoms with Crippen LogP contribution in [0.25, 0.3) is 11.0 Å². The number of nitrogens with zero attached hydrogens (tertiary/aromatic N) is 3. The fraction of sp³-hybridized carbons (Fsp3) is 0.562. The van der Waals surface area contributed by atoms with E-state index in [9.17, 15) is 4.39 Å². The van der Waals surface area contributed by atoms with Gasteiger partial charge in [-0.05, 0) is 63.9 Å². The maximum Gasteiger partial charge on any atom is 0.125 e. The number of hydrogen-bond acceptors (Lipinski definition) is 2. The lowest BCUT2D eigenvalue weighted by Crippen LogP contribution is -2.30. The molecule has 20 heavy (non-hydrogen) atoms. The number of piperidine rings is 1. The van der Waals surface area contributed by atoms with Crippen LogP contribution in [0, 0.1) is 11.7 Å². The first-order valence-electron chi connectivity index (χ1n) is 7.51. The van der Waals surface area contributed by atoms with Gasteiger partial charge in [0.05, 0.1) is 17.4 Å². The first-order chi connectivity index (χ1) is 9.72. The molecule has 1 aliphatic rings. The summed E-state index contributed by atoms with van der Waals surface area (Å²) in [7, 11) is 2.20. The second-order valence-corrected chi connectivity index (χ2v) is 5.96. The molecule has 1 fully saturated rings. The molecule has 0 saturated carbocycles. The van der Waals surface area contributed by atoms with Crippen LogP contribution < -0.4 is 0 Å². The standard InChI is InChI=1S/C16H22FN3/c1-19-9-6-13(7-10-19)3-2-8-20-12-18-15-11-14(17)4-5-16(15)20/h4-5,11-13H,2-3,6-10H2,1H3. The summed E-state index contributed by atoms with van der Waals surface area (Å²) < 4.78 is 15.3. The van der Waals surface area contributed by atoms with Crippen LogP contribution >= 0.6 is 0 Å². The van der Waals surface area contributed by atoms with Crippen molar-refractivity contribution in [2.24, 2.45) is 5.92 Å². The molecule has 0 radical (unpaired) electrons. The summed E-state index contributed by atoms with van der Waals surface area (Å²) in [5.74, 6) is 0.660. The Morgan fingerprint density at radius 2 is 2.10 bits per heavy atom. The van der Waals surface area contributed by atoms with Crippen molar-refractivity contribution >= 4 is 11.0 Å². The van der Waals surface area contributed by atoms with Crippen molar-refractivity contribution in [3.8, 4) is 0 Å². The molecule has 0 aliphatic carbocycles. The van der Waals surface area contributed by atoms with Gasteiger partial charge >= 0.3 is 0 Å². The molecule has 4 heteroatoms. The lowest BCUT2D eigenvalue weighted by molar-refractivity contribution is 0.209. The molecule has 0 spiro atoms. The van der Waals surface area contributed by atoms with Crippen LogP contribution in [0.1, 0.15) is 25.7 Å². The lowest BCUT2D eigenvalue weighted by Gasteiger charge is -2.28. The van der Waals surface area contributed by atoms with E-state index >= 15 is 0 Å². The van der Waals surface area contributed by atoms with Gasteiger partial charge in [-0.25, -0.2) is 9.37 Å². The summed E-state index contributed by atoms with van der Waals surface area (Å²) in [6.07, 6.45) is 6.95. The number of benzene rings is 1. The third kappa shape index (κ3) is 3.01. The monoisotopic (exact) mass is 275 g/mol. The zero-order valence-electron chi connectivity index (χ0n) is 12.1. The van der Waals surface area contributed by atoms with Crippen LogP contribution in [-0.4, -0.2) is 34.6 Å². The minimum Gasteiger partial charge on any atom is -0.331 e. The lowest BCUT2D eigenvalue weighted by atomic mass is 9.92. The molecule has 0 atom stereocenters. The van der Waals surface area contributed by atoms with E-state index in [0.717, 1.165) is 23.5 Å². The maximum atomic E-state index is 13.1. The van der Waals surface area contributed by atoms with E-state index in [1.807, 2.05) is 12.4 Å². The Bertz CT molecular complexity index is 570. The van der Waals surface area contributed by atoms with Gasteiger partial charge in [0.15, 0.2) is 0 Å². The molecular weight excluding hydrogens is 253 g/mol. The molecule has 1 aromatic carbocycles. The molecule has 2 aromatic rings. The van der Waals surface area contributed by atoms with Gasteiger partial charge in [0.25, 0.3) is 0 Å². The van der Waals surface area contributed by atoms with Crippen LogP contribution in [0.5, 0.6) is 0 Å². The van der Waals surface area contributed by atoms with E-state index in [4.69, 9.17) is 0 Å². The summed E-state index contributed by atoms with van der Waals surface area (Å²) in [6.45, 7) is 3.45. The van der Waals surface area contributed by atoms with Gasteiger partial charge in [-0.15, -0.1) is 0 Å². The zero-order valence-corrected chi connectivity index (χ0v) is 12.1. The van der Waals surface area contributed by atoms with Gasteiger partial charge in [0, 0.05) is 12.6 Å². The molecule has 3 rings (SSSR count). The molecule has 3 nitrogen and oxygen atoms in total. The Labute approximate surface area is 119 Å². The third-order valence-corrected chi connectivity index (χ3v) is 4.43. The zero-order chi connectivity index (χ0) is 13.9. The number of likely N-dealkylation sites (tertiary alicyclic amines) is 1. The number of rotatable bonds is 4. The first-order valence-corrected chi connectivity index (χ1v) is 7.51. The van der Waals surface area contributed by atoms with E-state index in [1.165, 1.54) is 50.9 Å². The maximum absolute atomic E-state index is 13.1. The Balaban J connectivity index is 1.55. The molecule has 0 unspecified atom stereocenters. The fourth-order valence-corrected chi connectivity index (χ4v) is 3.12. The fourth-order valence-electron chi connectivity index (χ4n) is 3.12. The molecular formula is C16H22FN3. The number of aryl methyl sites for hydroxylation is 1. The van der Waals surface area contributed by atoms with Gasteiger partial charge in [-0.3, -0.25) is 0 Å². The van der Waals surface area contributed by atoms with Crippen molar-refractivity contribution < 1.29 is 4.39 Å². The minimum atomic E-state index is -0.214. The smallest absolute Gasteiger partial charge is 0.125 e. The average molecular weight is 275 g/mol. The second-order valence-electron chi connectivity index (χ2n) is 5.96. The molecule has 1 aliphatic heterocycles. The number of hydrogen-bond donors (Lipinski definition) is 0. The van der Waals surface area contributed by atoms with Gasteiger partial charge in [0.2, 0.25) is 0 Å². The summed E-state index contributed by atoms with van der Waals surface area (Å²) in [6, 6.07) is 4.84. The van der Waals surface area contributed by atoms with Crippen LogP contribution in [0.3, 0.4) is 0 Å². The molecule has 0 N–H and O–H groups in total. The molecule has 108 valence electrons. The van der Waals surface area contributed by atoms with E-state index in [1.54, 1.807) is 0 Å². The van der Waals surface area contributed by atoms with Crippen molar-refractivity contribution in [3.63, 3.8) is 0 Å². The molecule has 0 amide bonds. The van der Waals surface area contributed by atoms with Crippen molar-refractivity contribution in [1.29, 1.82) is 0 Å². The third-order valence-electron chi connectivity index (χ3n) is 4.43. The Morgan fingerprint density at radius 1 is 1.30 bits per heavy atom. The van der Waals surface area contributed by atoms with E-state index in [2.05, 4.69) is 21.5 Å². The highest BCUT2D eigenvalue weighted by atomic mass is 19.1. The topological polar surface area (TPSA) is 21.1 Å². The number of aromatic nitrogens is 2. The SMILES string of the molecule is CN1CCC(CCCn2cnc3cc(F)ccc32)CC1. The second kappa shape index (κ2) is 5.92. The van der Waals surface area contributed by atoms with E-state index < -0.39 is 0 Å². The van der Waals surface area contributed by atoms with Crippen LogP contribution in [-0.2, 0) is 6.54 Å². The van der Waals surface area contributed by atoms with Gasteiger partial charge in [0.1, 0.15) is 5.82 Å². The van der Waals surface area contributed by atoms with Crippen molar-refractivity contribution in [2.45, 2.75) is 32.2 Å². The van der Waals surface area contributed by atoms with Crippen LogP contribution in [0.2, 0.25) is 0 Å². The molecule has 0 bridgehead atoms. The highest BCUT2D eigenvalue weighted by Crippen LogP contribution is 2.22. The summed E-state index contributed by atoms with van der Waals surface area (Å²) in [5.41, 5.74) is 1.79. The highest BCUT2D eigenvalue weighted by molar-refractivity contribution is 5.75. The minimum absolute atomic E-state index is 0.214. The predicted octanol–water partition coefficient (Wildman–Crippen LogP) is 3.30. The number of halogens is 1. The van der Waals surface area contributed by atoms with Gasteiger partial charge in [-0.1, -0.05) is 0 Å².